The molecule has 9 heteroatoms. The largest absolute Gasteiger partial charge is 0.481 e. The molecule has 16 heavy (non-hydrogen) atoms. The van der Waals surface area contributed by atoms with E-state index in [0.29, 0.717) is 0 Å². The van der Waals surface area contributed by atoms with Crippen molar-refractivity contribution >= 4 is 17.6 Å². The fraction of sp³-hybridized carbons (Fsp3) is 0.286. The lowest BCUT2D eigenvalue weighted by Gasteiger charge is -2.06. The van der Waals surface area contributed by atoms with Crippen molar-refractivity contribution in [2.45, 2.75) is 12.3 Å². The lowest BCUT2D eigenvalue weighted by atomic mass is 10.0. The van der Waals surface area contributed by atoms with Crippen LogP contribution >= 0.6 is 0 Å². The highest BCUT2D eigenvalue weighted by Gasteiger charge is 2.31. The molecular weight excluding hydrogens is 222 g/mol. The van der Waals surface area contributed by atoms with Gasteiger partial charge in [0.25, 0.3) is 0 Å². The van der Waals surface area contributed by atoms with Crippen LogP contribution in [0.2, 0.25) is 0 Å². The number of H-pyrrole nitrogens is 1. The summed E-state index contributed by atoms with van der Waals surface area (Å²) in [6.07, 6.45) is 0.0888. The molecule has 0 saturated carbocycles. The second-order valence-corrected chi connectivity index (χ2v) is 2.91. The van der Waals surface area contributed by atoms with Crippen LogP contribution < -0.4 is 0 Å². The van der Waals surface area contributed by atoms with Gasteiger partial charge in [0.1, 0.15) is 17.8 Å². The van der Waals surface area contributed by atoms with Gasteiger partial charge < -0.3 is 10.2 Å². The summed E-state index contributed by atoms with van der Waals surface area (Å²) in [4.78, 5) is 30.9. The van der Waals surface area contributed by atoms with Crippen molar-refractivity contribution < 1.29 is 24.7 Å². The number of carboxylic acid groups (broad SMARTS) is 2. The Morgan fingerprint density at radius 1 is 1.56 bits per heavy atom. The summed E-state index contributed by atoms with van der Waals surface area (Å²) in [5.41, 5.74) is -0.853. The van der Waals surface area contributed by atoms with Crippen molar-refractivity contribution in [3.63, 3.8) is 0 Å². The monoisotopic (exact) mass is 229 g/mol. The number of aromatic nitrogens is 2. The fourth-order valence-corrected chi connectivity index (χ4v) is 1.18. The lowest BCUT2D eigenvalue weighted by Crippen LogP contribution is -2.17. The van der Waals surface area contributed by atoms with E-state index in [9.17, 15) is 19.7 Å². The third-order valence-corrected chi connectivity index (χ3v) is 1.87. The molecule has 0 saturated heterocycles. The number of carbonyl (C=O) groups is 2. The van der Waals surface area contributed by atoms with Gasteiger partial charge in [-0.1, -0.05) is 0 Å². The first-order chi connectivity index (χ1) is 7.43. The maximum Gasteiger partial charge on any atom is 0.313 e. The van der Waals surface area contributed by atoms with Gasteiger partial charge in [-0.3, -0.25) is 24.8 Å². The number of hydrogen-bond acceptors (Lipinski definition) is 5. The SMILES string of the molecule is O=C(O)CC(C(=O)O)c1[nH]ncc1[N+](=O)[O-]. The highest BCUT2D eigenvalue weighted by atomic mass is 16.6. The Labute approximate surface area is 87.9 Å². The van der Waals surface area contributed by atoms with E-state index >= 15 is 0 Å². The van der Waals surface area contributed by atoms with E-state index in [1.807, 2.05) is 0 Å². The van der Waals surface area contributed by atoms with Gasteiger partial charge in [0.15, 0.2) is 0 Å². The summed E-state index contributed by atoms with van der Waals surface area (Å²) >= 11 is 0. The number of aliphatic carboxylic acids is 2. The van der Waals surface area contributed by atoms with Crippen molar-refractivity contribution in [3.05, 3.63) is 22.0 Å². The van der Waals surface area contributed by atoms with Crippen LogP contribution in [0.5, 0.6) is 0 Å². The fourth-order valence-electron chi connectivity index (χ4n) is 1.18. The Morgan fingerprint density at radius 3 is 2.62 bits per heavy atom. The molecule has 0 spiro atoms. The molecule has 9 nitrogen and oxygen atoms in total. The second-order valence-electron chi connectivity index (χ2n) is 2.91. The molecule has 0 aliphatic heterocycles. The average Bonchev–Trinajstić information content (AvgIpc) is 2.61. The van der Waals surface area contributed by atoms with Crippen molar-refractivity contribution in [3.8, 4) is 0 Å². The first-order valence-corrected chi connectivity index (χ1v) is 4.05. The molecule has 0 bridgehead atoms. The van der Waals surface area contributed by atoms with Gasteiger partial charge >= 0.3 is 17.6 Å². The summed E-state index contributed by atoms with van der Waals surface area (Å²) in [6.45, 7) is 0. The molecule has 1 rings (SSSR count). The van der Waals surface area contributed by atoms with E-state index in [2.05, 4.69) is 10.2 Å². The van der Waals surface area contributed by atoms with Crippen molar-refractivity contribution in [1.82, 2.24) is 10.2 Å². The van der Waals surface area contributed by atoms with Crippen LogP contribution in [0.15, 0.2) is 6.20 Å². The van der Waals surface area contributed by atoms with Gasteiger partial charge in [-0.15, -0.1) is 0 Å². The zero-order valence-electron chi connectivity index (χ0n) is 7.78. The summed E-state index contributed by atoms with van der Waals surface area (Å²) < 4.78 is 0. The quantitative estimate of drug-likeness (QED) is 0.474. The predicted octanol–water partition coefficient (Wildman–Crippen LogP) is -0.0392. The van der Waals surface area contributed by atoms with E-state index in [0.717, 1.165) is 6.20 Å². The first kappa shape index (κ1) is 11.6. The number of nitrogens with zero attached hydrogens (tertiary/aromatic N) is 2. The van der Waals surface area contributed by atoms with Crippen LogP contribution in [0.25, 0.3) is 0 Å². The van der Waals surface area contributed by atoms with E-state index in [1.54, 1.807) is 0 Å². The van der Waals surface area contributed by atoms with Gasteiger partial charge in [0, 0.05) is 0 Å². The van der Waals surface area contributed by atoms with E-state index in [1.165, 1.54) is 0 Å². The Bertz CT molecular complexity index is 439. The Balaban J connectivity index is 3.10. The van der Waals surface area contributed by atoms with Gasteiger partial charge in [-0.05, 0) is 0 Å². The molecule has 0 aliphatic rings. The Hall–Kier alpha value is -2.45. The predicted molar refractivity (Wildman–Crippen MR) is 47.9 cm³/mol. The van der Waals surface area contributed by atoms with Gasteiger partial charge in [0.05, 0.1) is 11.3 Å². The minimum atomic E-state index is -1.51. The Morgan fingerprint density at radius 2 is 2.19 bits per heavy atom. The first-order valence-electron chi connectivity index (χ1n) is 4.05. The van der Waals surface area contributed by atoms with Gasteiger partial charge in [-0.2, -0.15) is 5.10 Å². The van der Waals surface area contributed by atoms with Crippen LogP contribution in [0.3, 0.4) is 0 Å². The van der Waals surface area contributed by atoms with Crippen LogP contribution in [0, 0.1) is 10.1 Å². The van der Waals surface area contributed by atoms with Crippen LogP contribution in [-0.4, -0.2) is 37.3 Å². The van der Waals surface area contributed by atoms with E-state index < -0.39 is 34.9 Å². The van der Waals surface area contributed by atoms with Crippen LogP contribution in [-0.2, 0) is 9.59 Å². The van der Waals surface area contributed by atoms with Gasteiger partial charge in [0.2, 0.25) is 0 Å². The molecule has 1 aromatic heterocycles. The standard InChI is InChI=1S/C7H7N3O6/c11-5(12)1-3(7(13)14)6-4(10(15)16)2-8-9-6/h2-3H,1H2,(H,8,9)(H,11,12)(H,13,14). The average molecular weight is 229 g/mol. The second kappa shape index (κ2) is 4.38. The molecule has 0 aromatic carbocycles. The maximum atomic E-state index is 10.8. The van der Waals surface area contributed by atoms with Crippen LogP contribution in [0.4, 0.5) is 5.69 Å². The van der Waals surface area contributed by atoms with Crippen molar-refractivity contribution in [1.29, 1.82) is 0 Å². The van der Waals surface area contributed by atoms with Crippen molar-refractivity contribution in [2.75, 3.05) is 0 Å². The number of nitro groups is 1. The molecule has 1 atom stereocenters. The molecule has 1 aromatic rings. The highest BCUT2D eigenvalue weighted by molar-refractivity contribution is 5.83. The maximum absolute atomic E-state index is 10.8. The summed E-state index contributed by atoms with van der Waals surface area (Å²) in [5.74, 6) is -4.34. The summed E-state index contributed by atoms with van der Waals surface area (Å²) in [7, 11) is 0. The zero-order valence-corrected chi connectivity index (χ0v) is 7.78. The topological polar surface area (TPSA) is 146 Å². The number of hydrogen-bond donors (Lipinski definition) is 3. The lowest BCUT2D eigenvalue weighted by molar-refractivity contribution is -0.385. The Kier molecular flexibility index (Phi) is 3.18. The number of carboxylic acids is 2. The summed E-state index contributed by atoms with van der Waals surface area (Å²) in [6, 6.07) is 0. The summed E-state index contributed by atoms with van der Waals surface area (Å²) in [5, 5.41) is 33.2. The molecule has 0 fully saturated rings. The zero-order chi connectivity index (χ0) is 12.3. The highest BCUT2D eigenvalue weighted by Crippen LogP contribution is 2.26. The molecule has 0 radical (unpaired) electrons. The number of aromatic amines is 1. The molecule has 86 valence electrons. The minimum Gasteiger partial charge on any atom is -0.481 e. The van der Waals surface area contributed by atoms with Crippen molar-refractivity contribution in [2.24, 2.45) is 0 Å². The van der Waals surface area contributed by atoms with E-state index in [-0.39, 0.29) is 5.69 Å². The molecular formula is C7H7N3O6. The normalized spacial score (nSPS) is 12.0. The third kappa shape index (κ3) is 2.32. The third-order valence-electron chi connectivity index (χ3n) is 1.87. The minimum absolute atomic E-state index is 0.320. The smallest absolute Gasteiger partial charge is 0.313 e. The van der Waals surface area contributed by atoms with Crippen LogP contribution in [0.1, 0.15) is 18.0 Å². The van der Waals surface area contributed by atoms with Gasteiger partial charge in [-0.25, -0.2) is 0 Å². The number of rotatable bonds is 5. The molecule has 3 N–H and O–H groups in total. The van der Waals surface area contributed by atoms with E-state index in [4.69, 9.17) is 10.2 Å². The molecule has 0 amide bonds. The number of nitrogens with one attached hydrogen (secondary N) is 1. The molecule has 1 unspecified atom stereocenters. The molecule has 0 aliphatic carbocycles. The molecule has 1 heterocycles.